The van der Waals surface area contributed by atoms with Gasteiger partial charge in [0.1, 0.15) is 28.5 Å². The number of fused-ring (bicyclic) bond motifs is 2. The van der Waals surface area contributed by atoms with Crippen molar-refractivity contribution in [1.82, 2.24) is 19.2 Å². The largest absolute Gasteiger partial charge is 0.481 e. The Morgan fingerprint density at radius 2 is 2.02 bits per heavy atom. The van der Waals surface area contributed by atoms with Crippen molar-refractivity contribution in [3.63, 3.8) is 0 Å². The molecule has 1 unspecified atom stereocenters. The molecule has 0 aliphatic carbocycles. The third-order valence-corrected chi connectivity index (χ3v) is 9.18. The Bertz CT molecular complexity index is 1920. The number of halogens is 1. The molecule has 0 saturated carbocycles. The molecule has 2 aromatic heterocycles. The van der Waals surface area contributed by atoms with Gasteiger partial charge in [0.2, 0.25) is 4.80 Å². The van der Waals surface area contributed by atoms with E-state index in [9.17, 15) is 23.9 Å². The van der Waals surface area contributed by atoms with Crippen LogP contribution in [0.1, 0.15) is 69.0 Å². The zero-order valence-corrected chi connectivity index (χ0v) is 27.9. The maximum atomic E-state index is 14.5. The van der Waals surface area contributed by atoms with Crippen LogP contribution in [-0.2, 0) is 29.0 Å². The maximum Gasteiger partial charge on any atom is 0.338 e. The van der Waals surface area contributed by atoms with Gasteiger partial charge in [-0.25, -0.2) is 19.2 Å². The minimum absolute atomic E-state index is 0.00167. The summed E-state index contributed by atoms with van der Waals surface area (Å²) in [5.74, 6) is 1.84. The van der Waals surface area contributed by atoms with Crippen LogP contribution in [0.4, 0.5) is 15.8 Å². The molecule has 1 atom stereocenters. The number of ether oxygens (including phenoxy) is 1. The Labute approximate surface area is 275 Å². The summed E-state index contributed by atoms with van der Waals surface area (Å²) >= 11 is 1.24. The van der Waals surface area contributed by atoms with Crippen molar-refractivity contribution in [2.75, 3.05) is 18.1 Å². The van der Waals surface area contributed by atoms with E-state index in [2.05, 4.69) is 44.4 Å². The number of rotatable bonds is 6. The normalized spacial score (nSPS) is 19.7. The van der Waals surface area contributed by atoms with Crippen LogP contribution < -0.4 is 19.8 Å². The summed E-state index contributed by atoms with van der Waals surface area (Å²) in [5.41, 5.74) is 0.875. The van der Waals surface area contributed by atoms with Crippen molar-refractivity contribution in [3.8, 4) is 18.1 Å². The molecular weight excluding hydrogens is 625 g/mol. The Hall–Kier alpha value is -4.90. The number of hydrogen-bond donors (Lipinski definition) is 2. The van der Waals surface area contributed by atoms with E-state index in [1.54, 1.807) is 19.2 Å². The van der Waals surface area contributed by atoms with Gasteiger partial charge in [-0.3, -0.25) is 19.5 Å². The summed E-state index contributed by atoms with van der Waals surface area (Å²) in [6.45, 7) is 12.5. The number of carbonyl (C=O) groups excluding carboxylic acids is 2. The molecule has 0 radical (unpaired) electrons. The van der Waals surface area contributed by atoms with Crippen molar-refractivity contribution in [3.05, 3.63) is 57.7 Å². The Kier molecular flexibility index (Phi) is 9.05. The second-order valence-electron chi connectivity index (χ2n) is 12.8. The predicted octanol–water partition coefficient (Wildman–Crippen LogP) is 3.89. The SMILES string of the molecule is C#CCN1C(=O)COc2cc(F)c(/N=c3\snc4n3CC(C)(C)C4)cc21.CCc1cnc(C2=NC(C)(C(C)C)C(=O)N2)c(C(=O)O)c1. The molecule has 0 saturated heterocycles. The van der Waals surface area contributed by atoms with Crippen molar-refractivity contribution in [2.24, 2.45) is 21.3 Å². The van der Waals surface area contributed by atoms with E-state index < -0.39 is 17.3 Å². The number of amidine groups is 1. The number of aromatic nitrogens is 3. The molecule has 14 heteroatoms. The highest BCUT2D eigenvalue weighted by Crippen LogP contribution is 2.37. The molecule has 0 bridgehead atoms. The van der Waals surface area contributed by atoms with Gasteiger partial charge in [-0.15, -0.1) is 6.42 Å². The minimum atomic E-state index is -1.08. The molecular formula is C33H36FN7O5S. The first kappa shape index (κ1) is 33.5. The molecule has 12 nitrogen and oxygen atoms in total. The number of pyridine rings is 1. The Morgan fingerprint density at radius 3 is 2.66 bits per heavy atom. The van der Waals surface area contributed by atoms with Crippen LogP contribution in [-0.4, -0.2) is 61.3 Å². The number of aliphatic imine (C=N–C) groups is 1. The van der Waals surface area contributed by atoms with Crippen LogP contribution in [0.3, 0.4) is 0 Å². The van der Waals surface area contributed by atoms with Gasteiger partial charge in [-0.2, -0.15) is 4.37 Å². The van der Waals surface area contributed by atoms with Crippen molar-refractivity contribution in [2.45, 2.75) is 66.5 Å². The Balaban J connectivity index is 0.000000189. The third kappa shape index (κ3) is 6.53. The zero-order chi connectivity index (χ0) is 34.3. The second-order valence-corrected chi connectivity index (χ2v) is 13.5. The average Bonchev–Trinajstić information content (AvgIpc) is 3.64. The molecule has 5 heterocycles. The number of aromatic carboxylic acids is 1. The lowest BCUT2D eigenvalue weighted by Crippen LogP contribution is -2.41. The number of hydrogen-bond acceptors (Lipinski definition) is 9. The number of benzene rings is 1. The molecule has 3 aliphatic heterocycles. The van der Waals surface area contributed by atoms with Gasteiger partial charge in [0, 0.05) is 36.8 Å². The highest BCUT2D eigenvalue weighted by atomic mass is 32.1. The summed E-state index contributed by atoms with van der Waals surface area (Å²) in [5, 5.41) is 12.0. The van der Waals surface area contributed by atoms with Gasteiger partial charge in [0.05, 0.1) is 17.8 Å². The molecule has 6 rings (SSSR count). The van der Waals surface area contributed by atoms with E-state index >= 15 is 0 Å². The maximum absolute atomic E-state index is 14.5. The number of nitrogens with zero attached hydrogens (tertiary/aromatic N) is 6. The van der Waals surface area contributed by atoms with Crippen LogP contribution >= 0.6 is 11.5 Å². The van der Waals surface area contributed by atoms with E-state index in [0.29, 0.717) is 22.7 Å². The fourth-order valence-corrected chi connectivity index (χ4v) is 6.11. The quantitative estimate of drug-likeness (QED) is 0.381. The Morgan fingerprint density at radius 1 is 1.28 bits per heavy atom. The minimum Gasteiger partial charge on any atom is -0.481 e. The topological polar surface area (TPSA) is 151 Å². The number of terminal acetylenes is 1. The van der Waals surface area contributed by atoms with Gasteiger partial charge >= 0.3 is 5.97 Å². The molecule has 2 N–H and O–H groups in total. The molecule has 0 fully saturated rings. The van der Waals surface area contributed by atoms with Crippen LogP contribution in [0, 0.1) is 29.5 Å². The van der Waals surface area contributed by atoms with E-state index in [1.165, 1.54) is 28.6 Å². The zero-order valence-electron chi connectivity index (χ0n) is 27.0. The van der Waals surface area contributed by atoms with Crippen molar-refractivity contribution in [1.29, 1.82) is 0 Å². The summed E-state index contributed by atoms with van der Waals surface area (Å²) in [7, 11) is 0. The first-order chi connectivity index (χ1) is 22.2. The number of carboxylic acids is 1. The fraction of sp³-hybridized carbons (Fsp3) is 0.424. The van der Waals surface area contributed by atoms with Crippen LogP contribution in [0.25, 0.3) is 0 Å². The number of anilines is 1. The van der Waals surface area contributed by atoms with Crippen LogP contribution in [0.15, 0.2) is 34.4 Å². The lowest BCUT2D eigenvalue weighted by Gasteiger charge is -2.28. The number of aryl methyl sites for hydroxylation is 1. The summed E-state index contributed by atoms with van der Waals surface area (Å²) in [6.07, 6.45) is 8.52. The average molecular weight is 662 g/mol. The van der Waals surface area contributed by atoms with Crippen molar-refractivity contribution < 1.29 is 28.6 Å². The lowest BCUT2D eigenvalue weighted by molar-refractivity contribution is -0.124. The first-order valence-electron chi connectivity index (χ1n) is 15.1. The second kappa shape index (κ2) is 12.7. The molecule has 246 valence electrons. The monoisotopic (exact) mass is 661 g/mol. The van der Waals surface area contributed by atoms with Gasteiger partial charge in [0.15, 0.2) is 18.3 Å². The molecule has 47 heavy (non-hydrogen) atoms. The molecule has 3 aliphatic rings. The van der Waals surface area contributed by atoms with Crippen LogP contribution in [0.5, 0.6) is 5.75 Å². The predicted molar refractivity (Wildman–Crippen MR) is 174 cm³/mol. The lowest BCUT2D eigenvalue weighted by atomic mass is 9.89. The number of nitrogens with one attached hydrogen (secondary N) is 1. The highest BCUT2D eigenvalue weighted by Gasteiger charge is 2.43. The summed E-state index contributed by atoms with van der Waals surface area (Å²) in [4.78, 5) is 50.7. The van der Waals surface area contributed by atoms with Crippen LogP contribution in [0.2, 0.25) is 0 Å². The van der Waals surface area contributed by atoms with E-state index in [4.69, 9.17) is 11.2 Å². The van der Waals surface area contributed by atoms with E-state index in [0.717, 1.165) is 24.4 Å². The highest BCUT2D eigenvalue weighted by molar-refractivity contribution is 7.02. The van der Waals surface area contributed by atoms with Gasteiger partial charge in [-0.05, 0) is 42.4 Å². The first-order valence-corrected chi connectivity index (χ1v) is 15.9. The van der Waals surface area contributed by atoms with Gasteiger partial charge < -0.3 is 19.7 Å². The molecule has 1 aromatic carbocycles. The van der Waals surface area contributed by atoms with E-state index in [1.807, 2.05) is 25.3 Å². The molecule has 3 aromatic rings. The third-order valence-electron chi connectivity index (χ3n) is 8.40. The summed E-state index contributed by atoms with van der Waals surface area (Å²) < 4.78 is 26.3. The molecule has 2 amide bonds. The fourth-order valence-electron chi connectivity index (χ4n) is 5.35. The standard InChI is InChI=1S/C18H17FN4O2S.C15H19N3O3/c1-4-5-22-13-7-12(11(19)6-14(13)25-9-16(22)24)20-17-23-10-18(2,3)8-15(23)21-26-17;1-5-9-6-10(13(19)20)11(16-7-9)12-17-14(21)15(4,18-12)8(2)3/h1,6-7H,5,8-10H2,2-3H3;6-8H,5H2,1-4H3,(H,19,20)(H,17,18,21)/b20-17-;. The van der Waals surface area contributed by atoms with Gasteiger partial charge in [-0.1, -0.05) is 40.5 Å². The van der Waals surface area contributed by atoms with Gasteiger partial charge in [0.25, 0.3) is 11.8 Å². The van der Waals surface area contributed by atoms with Crippen molar-refractivity contribution >= 4 is 46.5 Å². The summed E-state index contributed by atoms with van der Waals surface area (Å²) in [6, 6.07) is 4.33. The number of carboxylic acid groups (broad SMARTS) is 1. The molecule has 0 spiro atoms. The number of amides is 2. The number of carbonyl (C=O) groups is 3. The smallest absolute Gasteiger partial charge is 0.338 e. The van der Waals surface area contributed by atoms with E-state index in [-0.39, 0.29) is 59.1 Å².